The molecule has 2 aromatic heterocycles. The van der Waals surface area contributed by atoms with Gasteiger partial charge in [0.15, 0.2) is 0 Å². The number of imidazole rings is 1. The first-order chi connectivity index (χ1) is 12.6. The van der Waals surface area contributed by atoms with Gasteiger partial charge in [0.05, 0.1) is 24.1 Å². The molecule has 0 aliphatic heterocycles. The monoisotopic (exact) mass is 350 g/mol. The Kier molecular flexibility index (Phi) is 5.58. The number of para-hydroxylation sites is 1. The van der Waals surface area contributed by atoms with Crippen LogP contribution in [-0.4, -0.2) is 25.4 Å². The van der Waals surface area contributed by atoms with Gasteiger partial charge in [-0.05, 0) is 18.1 Å². The van der Waals surface area contributed by atoms with Crippen LogP contribution in [0, 0.1) is 5.92 Å². The highest BCUT2D eigenvalue weighted by Gasteiger charge is 2.10. The summed E-state index contributed by atoms with van der Waals surface area (Å²) < 4.78 is 2.05. The number of rotatable bonds is 7. The highest BCUT2D eigenvalue weighted by atomic mass is 16.1. The molecule has 0 fully saturated rings. The third kappa shape index (κ3) is 4.66. The number of anilines is 2. The SMILES string of the molecule is CC(C)Cn1cncc1CNC(=O)c1cnc(Nc2ccccc2)nc1. The number of nitrogens with one attached hydrogen (secondary N) is 2. The zero-order chi connectivity index (χ0) is 18.4. The number of amides is 1. The number of carbonyl (C=O) groups excluding carboxylic acids is 1. The van der Waals surface area contributed by atoms with Gasteiger partial charge in [0.25, 0.3) is 5.91 Å². The van der Waals surface area contributed by atoms with Crippen molar-refractivity contribution in [2.75, 3.05) is 5.32 Å². The molecular formula is C19H22N6O. The number of hydrogen-bond acceptors (Lipinski definition) is 5. The van der Waals surface area contributed by atoms with Crippen LogP contribution in [0.1, 0.15) is 29.9 Å². The Morgan fingerprint density at radius 1 is 1.12 bits per heavy atom. The van der Waals surface area contributed by atoms with Crippen molar-refractivity contribution in [2.45, 2.75) is 26.9 Å². The Morgan fingerprint density at radius 2 is 1.85 bits per heavy atom. The molecule has 7 heteroatoms. The van der Waals surface area contributed by atoms with Gasteiger partial charge >= 0.3 is 0 Å². The summed E-state index contributed by atoms with van der Waals surface area (Å²) in [5, 5.41) is 5.97. The van der Waals surface area contributed by atoms with Gasteiger partial charge in [0.2, 0.25) is 5.95 Å². The topological polar surface area (TPSA) is 84.7 Å². The van der Waals surface area contributed by atoms with Gasteiger partial charge in [-0.15, -0.1) is 0 Å². The molecule has 0 aliphatic rings. The Morgan fingerprint density at radius 3 is 2.54 bits per heavy atom. The first-order valence-corrected chi connectivity index (χ1v) is 8.53. The van der Waals surface area contributed by atoms with Gasteiger partial charge < -0.3 is 15.2 Å². The summed E-state index contributed by atoms with van der Waals surface area (Å²) in [6.07, 6.45) is 6.58. The molecule has 0 bridgehead atoms. The van der Waals surface area contributed by atoms with E-state index in [1.807, 2.05) is 34.9 Å². The average Bonchev–Trinajstić information content (AvgIpc) is 3.07. The minimum Gasteiger partial charge on any atom is -0.346 e. The summed E-state index contributed by atoms with van der Waals surface area (Å²) in [7, 11) is 0. The minimum atomic E-state index is -0.214. The minimum absolute atomic E-state index is 0.214. The van der Waals surface area contributed by atoms with Crippen molar-refractivity contribution in [1.29, 1.82) is 0 Å². The second-order valence-electron chi connectivity index (χ2n) is 6.40. The molecule has 2 N–H and O–H groups in total. The van der Waals surface area contributed by atoms with E-state index in [1.165, 1.54) is 12.4 Å². The van der Waals surface area contributed by atoms with Gasteiger partial charge in [-0.25, -0.2) is 15.0 Å². The molecule has 2 heterocycles. The zero-order valence-electron chi connectivity index (χ0n) is 14.9. The molecule has 0 atom stereocenters. The van der Waals surface area contributed by atoms with Crippen LogP contribution in [0.3, 0.4) is 0 Å². The summed E-state index contributed by atoms with van der Waals surface area (Å²) in [6, 6.07) is 9.63. The maximum Gasteiger partial charge on any atom is 0.254 e. The van der Waals surface area contributed by atoms with E-state index < -0.39 is 0 Å². The maximum atomic E-state index is 12.3. The largest absolute Gasteiger partial charge is 0.346 e. The van der Waals surface area contributed by atoms with E-state index in [4.69, 9.17) is 0 Å². The lowest BCUT2D eigenvalue weighted by Crippen LogP contribution is -2.25. The van der Waals surface area contributed by atoms with Gasteiger partial charge in [0, 0.05) is 30.8 Å². The number of hydrogen-bond donors (Lipinski definition) is 2. The molecule has 1 amide bonds. The lowest BCUT2D eigenvalue weighted by molar-refractivity contribution is 0.0949. The summed E-state index contributed by atoms with van der Waals surface area (Å²) in [4.78, 5) is 24.9. The molecule has 0 saturated carbocycles. The Hall–Kier alpha value is -3.22. The number of nitrogens with zero attached hydrogens (tertiary/aromatic N) is 4. The van der Waals surface area contributed by atoms with Crippen LogP contribution >= 0.6 is 0 Å². The molecular weight excluding hydrogens is 328 g/mol. The molecule has 7 nitrogen and oxygen atoms in total. The fourth-order valence-corrected chi connectivity index (χ4v) is 2.49. The third-order valence-electron chi connectivity index (χ3n) is 3.73. The van der Waals surface area contributed by atoms with Crippen molar-refractivity contribution >= 4 is 17.5 Å². The fraction of sp³-hybridized carbons (Fsp3) is 0.263. The Labute approximate surface area is 152 Å². The van der Waals surface area contributed by atoms with Crippen molar-refractivity contribution in [1.82, 2.24) is 24.8 Å². The van der Waals surface area contributed by atoms with E-state index >= 15 is 0 Å². The van der Waals surface area contributed by atoms with Crippen molar-refractivity contribution in [3.05, 3.63) is 66.5 Å². The van der Waals surface area contributed by atoms with Crippen LogP contribution in [0.4, 0.5) is 11.6 Å². The first-order valence-electron chi connectivity index (χ1n) is 8.53. The molecule has 134 valence electrons. The van der Waals surface area contributed by atoms with Crippen molar-refractivity contribution in [2.24, 2.45) is 5.92 Å². The first kappa shape index (κ1) is 17.6. The Bertz CT molecular complexity index is 842. The second-order valence-corrected chi connectivity index (χ2v) is 6.40. The molecule has 0 unspecified atom stereocenters. The number of aromatic nitrogens is 4. The van der Waals surface area contributed by atoms with Crippen molar-refractivity contribution in [3.8, 4) is 0 Å². The fourth-order valence-electron chi connectivity index (χ4n) is 2.49. The highest BCUT2D eigenvalue weighted by Crippen LogP contribution is 2.11. The molecule has 0 spiro atoms. The smallest absolute Gasteiger partial charge is 0.254 e. The molecule has 3 aromatic rings. The summed E-state index contributed by atoms with van der Waals surface area (Å²) in [6.45, 7) is 5.57. The molecule has 0 radical (unpaired) electrons. The molecule has 0 aliphatic carbocycles. The van der Waals surface area contributed by atoms with E-state index in [9.17, 15) is 4.79 Å². The predicted octanol–water partition coefficient (Wildman–Crippen LogP) is 3.00. The van der Waals surface area contributed by atoms with E-state index in [1.54, 1.807) is 12.5 Å². The van der Waals surface area contributed by atoms with Gasteiger partial charge in [-0.2, -0.15) is 0 Å². The lowest BCUT2D eigenvalue weighted by atomic mass is 10.2. The van der Waals surface area contributed by atoms with E-state index in [2.05, 4.69) is 39.4 Å². The van der Waals surface area contributed by atoms with E-state index in [0.717, 1.165) is 17.9 Å². The zero-order valence-corrected chi connectivity index (χ0v) is 14.9. The van der Waals surface area contributed by atoms with E-state index in [-0.39, 0.29) is 5.91 Å². The van der Waals surface area contributed by atoms with Crippen LogP contribution in [-0.2, 0) is 13.1 Å². The van der Waals surface area contributed by atoms with Gasteiger partial charge in [-0.3, -0.25) is 4.79 Å². The van der Waals surface area contributed by atoms with Crippen LogP contribution in [0.15, 0.2) is 55.2 Å². The van der Waals surface area contributed by atoms with Gasteiger partial charge in [0.1, 0.15) is 0 Å². The highest BCUT2D eigenvalue weighted by molar-refractivity contribution is 5.93. The molecule has 3 rings (SSSR count). The molecule has 26 heavy (non-hydrogen) atoms. The predicted molar refractivity (Wildman–Crippen MR) is 100.0 cm³/mol. The average molecular weight is 350 g/mol. The van der Waals surface area contributed by atoms with Crippen LogP contribution in [0.5, 0.6) is 0 Å². The van der Waals surface area contributed by atoms with Crippen molar-refractivity contribution < 1.29 is 4.79 Å². The summed E-state index contributed by atoms with van der Waals surface area (Å²) in [5.41, 5.74) is 2.27. The lowest BCUT2D eigenvalue weighted by Gasteiger charge is -2.11. The molecule has 0 saturated heterocycles. The number of carbonyl (C=O) groups is 1. The maximum absolute atomic E-state index is 12.3. The summed E-state index contributed by atoms with van der Waals surface area (Å²) in [5.74, 6) is 0.744. The van der Waals surface area contributed by atoms with Crippen LogP contribution < -0.4 is 10.6 Å². The van der Waals surface area contributed by atoms with Crippen LogP contribution in [0.2, 0.25) is 0 Å². The van der Waals surface area contributed by atoms with E-state index in [0.29, 0.717) is 24.0 Å². The quantitative estimate of drug-likeness (QED) is 0.684. The van der Waals surface area contributed by atoms with Crippen LogP contribution in [0.25, 0.3) is 0 Å². The third-order valence-corrected chi connectivity index (χ3v) is 3.73. The van der Waals surface area contributed by atoms with Crippen molar-refractivity contribution in [3.63, 3.8) is 0 Å². The summed E-state index contributed by atoms with van der Waals surface area (Å²) >= 11 is 0. The Balaban J connectivity index is 1.57. The number of benzene rings is 1. The standard InChI is InChI=1S/C19H22N6O/c1-14(2)12-25-13-20-10-17(25)11-21-18(26)15-8-22-19(23-9-15)24-16-6-4-3-5-7-16/h3-10,13-14H,11-12H2,1-2H3,(H,21,26)(H,22,23,24). The normalized spacial score (nSPS) is 10.7. The van der Waals surface area contributed by atoms with Gasteiger partial charge in [-0.1, -0.05) is 32.0 Å². The second kappa shape index (κ2) is 8.24. The molecule has 1 aromatic carbocycles.